The van der Waals surface area contributed by atoms with Gasteiger partial charge in [-0.2, -0.15) is 0 Å². The first-order valence-corrected chi connectivity index (χ1v) is 6.66. The molecule has 0 spiro atoms. The molecule has 0 bridgehead atoms. The number of carbonyl (C=O) groups excluding carboxylic acids is 2. The summed E-state index contributed by atoms with van der Waals surface area (Å²) in [6.07, 6.45) is 1.65. The molecule has 3 rings (SSSR count). The van der Waals surface area contributed by atoms with E-state index in [0.717, 1.165) is 12.0 Å². The van der Waals surface area contributed by atoms with Gasteiger partial charge >= 0.3 is 5.97 Å². The maximum absolute atomic E-state index is 11.8. The average molecular weight is 262 g/mol. The molecule has 3 aliphatic rings. The molecule has 0 radical (unpaired) electrons. The molecule has 5 unspecified atom stereocenters. The van der Waals surface area contributed by atoms with Gasteiger partial charge in [-0.05, 0) is 25.8 Å². The van der Waals surface area contributed by atoms with E-state index >= 15 is 0 Å². The summed E-state index contributed by atoms with van der Waals surface area (Å²) in [5, 5.41) is 10.2. The van der Waals surface area contributed by atoms with Crippen LogP contribution in [0.25, 0.3) is 0 Å². The van der Waals surface area contributed by atoms with Gasteiger partial charge in [0.25, 0.3) is 0 Å². The van der Waals surface area contributed by atoms with Gasteiger partial charge in [-0.25, -0.2) is 4.79 Å². The van der Waals surface area contributed by atoms with Gasteiger partial charge in [-0.15, -0.1) is 0 Å². The number of rotatable bonds is 0. The minimum absolute atomic E-state index is 0.0225. The minimum Gasteiger partial charge on any atom is -0.458 e. The molecule has 5 atom stereocenters. The van der Waals surface area contributed by atoms with Crippen molar-refractivity contribution in [1.29, 1.82) is 0 Å². The number of esters is 1. The fraction of sp³-hybridized carbons (Fsp3) is 0.600. The van der Waals surface area contributed by atoms with E-state index in [4.69, 9.17) is 4.74 Å². The predicted molar refractivity (Wildman–Crippen MR) is 68.1 cm³/mol. The van der Waals surface area contributed by atoms with E-state index in [1.54, 1.807) is 0 Å². The topological polar surface area (TPSA) is 63.6 Å². The van der Waals surface area contributed by atoms with Crippen LogP contribution in [0.4, 0.5) is 0 Å². The summed E-state index contributed by atoms with van der Waals surface area (Å²) < 4.78 is 5.46. The number of hydrogen-bond acceptors (Lipinski definition) is 4. The number of ether oxygens (including phenoxy) is 1. The van der Waals surface area contributed by atoms with Crippen molar-refractivity contribution in [1.82, 2.24) is 0 Å². The molecule has 1 saturated carbocycles. The lowest BCUT2D eigenvalue weighted by Gasteiger charge is -2.50. The zero-order valence-corrected chi connectivity index (χ0v) is 11.2. The molecule has 2 fully saturated rings. The van der Waals surface area contributed by atoms with Gasteiger partial charge < -0.3 is 9.84 Å². The van der Waals surface area contributed by atoms with E-state index in [0.29, 0.717) is 12.0 Å². The van der Waals surface area contributed by atoms with Crippen LogP contribution in [0.1, 0.15) is 26.7 Å². The molecule has 2 aliphatic carbocycles. The standard InChI is InChI=1S/C15H18O4/c1-7-6-10(16)13(17)15(3)5-4-9-8(2)14(18)19-12(9)11(7)15/h6,9,11-13,17H,2,4-5H2,1,3H3. The first-order valence-electron chi connectivity index (χ1n) is 6.66. The van der Waals surface area contributed by atoms with Crippen LogP contribution in [0.2, 0.25) is 0 Å². The zero-order chi connectivity index (χ0) is 13.9. The molecule has 0 aromatic carbocycles. The van der Waals surface area contributed by atoms with E-state index in [9.17, 15) is 14.7 Å². The third-order valence-corrected chi connectivity index (χ3v) is 5.14. The van der Waals surface area contributed by atoms with Gasteiger partial charge in [0.1, 0.15) is 12.2 Å². The lowest BCUT2D eigenvalue weighted by Crippen LogP contribution is -2.55. The Morgan fingerprint density at radius 2 is 2.16 bits per heavy atom. The van der Waals surface area contributed by atoms with Crippen molar-refractivity contribution < 1.29 is 19.4 Å². The minimum atomic E-state index is -1.00. The van der Waals surface area contributed by atoms with Crippen LogP contribution in [0.3, 0.4) is 0 Å². The molecule has 4 nitrogen and oxygen atoms in total. The van der Waals surface area contributed by atoms with Crippen molar-refractivity contribution in [2.24, 2.45) is 17.3 Å². The molecule has 1 saturated heterocycles. The molecular formula is C15H18O4. The molecule has 0 amide bonds. The molecule has 19 heavy (non-hydrogen) atoms. The zero-order valence-electron chi connectivity index (χ0n) is 11.2. The van der Waals surface area contributed by atoms with E-state index in [-0.39, 0.29) is 29.7 Å². The SMILES string of the molecule is C=C1C(=O)OC2C1CCC1(C)C(O)C(=O)C=C(C)C21. The number of ketones is 1. The highest BCUT2D eigenvalue weighted by atomic mass is 16.6. The van der Waals surface area contributed by atoms with Crippen molar-refractivity contribution in [2.45, 2.75) is 38.9 Å². The van der Waals surface area contributed by atoms with Gasteiger partial charge in [0.05, 0.1) is 0 Å². The van der Waals surface area contributed by atoms with E-state index < -0.39 is 11.5 Å². The lowest BCUT2D eigenvalue weighted by molar-refractivity contribution is -0.153. The van der Waals surface area contributed by atoms with Crippen molar-refractivity contribution in [3.8, 4) is 0 Å². The number of aliphatic hydroxyl groups is 1. The maximum Gasteiger partial charge on any atom is 0.334 e. The van der Waals surface area contributed by atoms with Gasteiger partial charge in [-0.1, -0.05) is 19.1 Å². The monoisotopic (exact) mass is 262 g/mol. The molecule has 1 N–H and O–H groups in total. The fourth-order valence-electron chi connectivity index (χ4n) is 4.07. The summed E-state index contributed by atoms with van der Waals surface area (Å²) >= 11 is 0. The van der Waals surface area contributed by atoms with Gasteiger partial charge in [0.2, 0.25) is 0 Å². The molecule has 1 heterocycles. The second-order valence-corrected chi connectivity index (χ2v) is 6.22. The largest absolute Gasteiger partial charge is 0.458 e. The van der Waals surface area contributed by atoms with Crippen LogP contribution in [0.15, 0.2) is 23.8 Å². The van der Waals surface area contributed by atoms with E-state index in [2.05, 4.69) is 6.58 Å². The van der Waals surface area contributed by atoms with Crippen molar-refractivity contribution in [2.75, 3.05) is 0 Å². The summed E-state index contributed by atoms with van der Waals surface area (Å²) in [6, 6.07) is 0. The summed E-state index contributed by atoms with van der Waals surface area (Å²) in [5.41, 5.74) is 0.892. The van der Waals surface area contributed by atoms with Crippen LogP contribution < -0.4 is 0 Å². The molecule has 102 valence electrons. The number of hydrogen-bond donors (Lipinski definition) is 1. The Morgan fingerprint density at radius 3 is 2.84 bits per heavy atom. The Kier molecular flexibility index (Phi) is 2.52. The Bertz CT molecular complexity index is 518. The van der Waals surface area contributed by atoms with Crippen molar-refractivity contribution >= 4 is 11.8 Å². The predicted octanol–water partition coefficient (Wildman–Crippen LogP) is 1.39. The van der Waals surface area contributed by atoms with Crippen LogP contribution in [0, 0.1) is 17.3 Å². The molecule has 0 aromatic rings. The second-order valence-electron chi connectivity index (χ2n) is 6.22. The van der Waals surface area contributed by atoms with E-state index in [1.807, 2.05) is 13.8 Å². The van der Waals surface area contributed by atoms with Crippen molar-refractivity contribution in [3.63, 3.8) is 0 Å². The Balaban J connectivity index is 2.07. The normalized spacial score (nSPS) is 45.4. The highest BCUT2D eigenvalue weighted by Crippen LogP contribution is 2.55. The number of fused-ring (bicyclic) bond motifs is 3. The van der Waals surface area contributed by atoms with E-state index in [1.165, 1.54) is 6.08 Å². The summed E-state index contributed by atoms with van der Waals surface area (Å²) in [5.74, 6) is -0.646. The molecule has 1 aliphatic heterocycles. The van der Waals surface area contributed by atoms with Crippen LogP contribution >= 0.6 is 0 Å². The van der Waals surface area contributed by atoms with Crippen molar-refractivity contribution in [3.05, 3.63) is 23.8 Å². The van der Waals surface area contributed by atoms with Crippen LogP contribution in [-0.4, -0.2) is 29.1 Å². The summed E-state index contributed by atoms with van der Waals surface area (Å²) in [6.45, 7) is 7.61. The summed E-state index contributed by atoms with van der Waals surface area (Å²) in [7, 11) is 0. The Labute approximate surface area is 112 Å². The second kappa shape index (κ2) is 3.79. The average Bonchev–Trinajstić information content (AvgIpc) is 2.62. The van der Waals surface area contributed by atoms with Gasteiger partial charge in [0, 0.05) is 22.8 Å². The first kappa shape index (κ1) is 12.6. The number of carbonyl (C=O) groups is 2. The Morgan fingerprint density at radius 1 is 1.47 bits per heavy atom. The third kappa shape index (κ3) is 1.49. The van der Waals surface area contributed by atoms with Crippen LogP contribution in [-0.2, 0) is 14.3 Å². The first-order chi connectivity index (χ1) is 8.86. The number of aliphatic hydroxyl groups excluding tert-OH is 1. The smallest absolute Gasteiger partial charge is 0.334 e. The highest BCUT2D eigenvalue weighted by molar-refractivity contribution is 5.96. The third-order valence-electron chi connectivity index (χ3n) is 5.14. The van der Waals surface area contributed by atoms with Gasteiger partial charge in [0.15, 0.2) is 5.78 Å². The maximum atomic E-state index is 11.8. The summed E-state index contributed by atoms with van der Waals surface area (Å²) in [4.78, 5) is 23.5. The molecule has 4 heteroatoms. The van der Waals surface area contributed by atoms with Crippen LogP contribution in [0.5, 0.6) is 0 Å². The quantitative estimate of drug-likeness (QED) is 0.529. The fourth-order valence-corrected chi connectivity index (χ4v) is 4.07. The Hall–Kier alpha value is -1.42. The van der Waals surface area contributed by atoms with Gasteiger partial charge in [-0.3, -0.25) is 4.79 Å². The molecule has 0 aromatic heterocycles. The lowest BCUT2D eigenvalue weighted by atomic mass is 9.55. The molecular weight excluding hydrogens is 244 g/mol. The highest BCUT2D eigenvalue weighted by Gasteiger charge is 2.58.